The van der Waals surface area contributed by atoms with E-state index in [-0.39, 0.29) is 11.5 Å². The Bertz CT molecular complexity index is 896. The van der Waals surface area contributed by atoms with Gasteiger partial charge in [-0.2, -0.15) is 0 Å². The number of nitrogens with zero attached hydrogens (tertiary/aromatic N) is 3. The molecule has 0 spiro atoms. The molecule has 1 aromatic carbocycles. The number of pyridine rings is 1. The van der Waals surface area contributed by atoms with E-state index in [1.807, 2.05) is 42.1 Å². The van der Waals surface area contributed by atoms with Crippen LogP contribution in [0.15, 0.2) is 46.8 Å². The van der Waals surface area contributed by atoms with Gasteiger partial charge in [-0.25, -0.2) is 9.98 Å². The molecule has 112 valence electrons. The number of phenolic OH excluding ortho intramolecular Hbond substituents is 2. The average molecular weight is 313 g/mol. The molecule has 2 heterocycles. The van der Waals surface area contributed by atoms with Crippen LogP contribution in [0, 0.1) is 6.92 Å². The molecule has 0 saturated carbocycles. The summed E-state index contributed by atoms with van der Waals surface area (Å²) < 4.78 is 1.89. The fraction of sp³-hybridized carbons (Fsp3) is 0.125. The Labute approximate surface area is 131 Å². The Morgan fingerprint density at radius 3 is 2.73 bits per heavy atom. The SMILES string of the molecule is Cc1cccc(N=c2scc(-c3ccc(O)cc3O)n2C)n1. The summed E-state index contributed by atoms with van der Waals surface area (Å²) in [6.45, 7) is 1.92. The highest BCUT2D eigenvalue weighted by molar-refractivity contribution is 7.07. The second kappa shape index (κ2) is 5.65. The summed E-state index contributed by atoms with van der Waals surface area (Å²) in [5, 5.41) is 21.3. The minimum Gasteiger partial charge on any atom is -0.508 e. The molecular formula is C16H15N3O2S. The number of aryl methyl sites for hydroxylation is 1. The molecule has 0 aliphatic carbocycles. The maximum atomic E-state index is 9.99. The van der Waals surface area contributed by atoms with E-state index in [4.69, 9.17) is 0 Å². The van der Waals surface area contributed by atoms with E-state index in [1.54, 1.807) is 12.1 Å². The fourth-order valence-corrected chi connectivity index (χ4v) is 3.05. The second-order valence-corrected chi connectivity index (χ2v) is 5.75. The number of aromatic hydroxyl groups is 2. The molecule has 0 aliphatic heterocycles. The summed E-state index contributed by atoms with van der Waals surface area (Å²) in [5.41, 5.74) is 2.39. The van der Waals surface area contributed by atoms with Gasteiger partial charge in [-0.05, 0) is 31.2 Å². The van der Waals surface area contributed by atoms with Crippen molar-refractivity contribution in [2.75, 3.05) is 0 Å². The molecule has 0 atom stereocenters. The zero-order valence-corrected chi connectivity index (χ0v) is 13.0. The first-order valence-electron chi connectivity index (χ1n) is 6.70. The lowest BCUT2D eigenvalue weighted by atomic mass is 10.1. The third-order valence-corrected chi connectivity index (χ3v) is 4.18. The Morgan fingerprint density at radius 2 is 2.00 bits per heavy atom. The van der Waals surface area contributed by atoms with E-state index >= 15 is 0 Å². The zero-order chi connectivity index (χ0) is 15.7. The molecule has 3 aromatic rings. The maximum Gasteiger partial charge on any atom is 0.191 e. The van der Waals surface area contributed by atoms with E-state index in [0.29, 0.717) is 11.4 Å². The van der Waals surface area contributed by atoms with Crippen molar-refractivity contribution >= 4 is 17.2 Å². The van der Waals surface area contributed by atoms with Crippen molar-refractivity contribution in [2.24, 2.45) is 12.0 Å². The van der Waals surface area contributed by atoms with E-state index in [9.17, 15) is 10.2 Å². The molecule has 0 unspecified atom stereocenters. The monoisotopic (exact) mass is 313 g/mol. The van der Waals surface area contributed by atoms with Crippen molar-refractivity contribution in [1.82, 2.24) is 9.55 Å². The molecule has 0 radical (unpaired) electrons. The summed E-state index contributed by atoms with van der Waals surface area (Å²) in [5.74, 6) is 0.723. The second-order valence-electron chi connectivity index (χ2n) is 4.91. The molecule has 0 fully saturated rings. The van der Waals surface area contributed by atoms with E-state index in [2.05, 4.69) is 9.98 Å². The number of aromatic nitrogens is 2. The van der Waals surface area contributed by atoms with Gasteiger partial charge in [0.15, 0.2) is 10.6 Å². The van der Waals surface area contributed by atoms with Crippen LogP contribution in [-0.2, 0) is 7.05 Å². The van der Waals surface area contributed by atoms with Gasteiger partial charge < -0.3 is 14.8 Å². The third kappa shape index (κ3) is 2.73. The Kier molecular flexibility index (Phi) is 3.68. The fourth-order valence-electron chi connectivity index (χ4n) is 2.14. The smallest absolute Gasteiger partial charge is 0.191 e. The molecule has 2 aromatic heterocycles. The number of hydrogen-bond donors (Lipinski definition) is 2. The van der Waals surface area contributed by atoms with Gasteiger partial charge in [0.05, 0.1) is 5.69 Å². The largest absolute Gasteiger partial charge is 0.508 e. The van der Waals surface area contributed by atoms with Gasteiger partial charge in [-0.1, -0.05) is 6.07 Å². The molecule has 0 saturated heterocycles. The number of benzene rings is 1. The van der Waals surface area contributed by atoms with Crippen LogP contribution < -0.4 is 4.80 Å². The summed E-state index contributed by atoms with van der Waals surface area (Å²) in [4.78, 5) is 9.68. The molecule has 3 rings (SSSR count). The summed E-state index contributed by atoms with van der Waals surface area (Å²) in [6.07, 6.45) is 0. The van der Waals surface area contributed by atoms with Crippen LogP contribution in [-0.4, -0.2) is 19.8 Å². The van der Waals surface area contributed by atoms with Crippen LogP contribution in [0.4, 0.5) is 5.82 Å². The van der Waals surface area contributed by atoms with E-state index in [1.165, 1.54) is 17.4 Å². The molecule has 6 heteroatoms. The maximum absolute atomic E-state index is 9.99. The summed E-state index contributed by atoms with van der Waals surface area (Å²) >= 11 is 1.47. The van der Waals surface area contributed by atoms with Gasteiger partial charge in [0.25, 0.3) is 0 Å². The minimum absolute atomic E-state index is 0.0352. The first-order chi connectivity index (χ1) is 10.5. The number of phenols is 2. The Hall–Kier alpha value is -2.60. The Morgan fingerprint density at radius 1 is 1.18 bits per heavy atom. The average Bonchev–Trinajstić information content (AvgIpc) is 2.81. The van der Waals surface area contributed by atoms with E-state index < -0.39 is 0 Å². The van der Waals surface area contributed by atoms with Crippen LogP contribution in [0.2, 0.25) is 0 Å². The van der Waals surface area contributed by atoms with Crippen molar-refractivity contribution in [3.63, 3.8) is 0 Å². The lowest BCUT2D eigenvalue weighted by Crippen LogP contribution is -2.11. The van der Waals surface area contributed by atoms with Gasteiger partial charge in [0, 0.05) is 29.8 Å². The number of thiazole rings is 1. The lowest BCUT2D eigenvalue weighted by Gasteiger charge is -2.06. The first kappa shape index (κ1) is 14.3. The number of hydrogen-bond acceptors (Lipinski definition) is 5. The van der Waals surface area contributed by atoms with Crippen LogP contribution in [0.25, 0.3) is 11.3 Å². The molecule has 0 aliphatic rings. The van der Waals surface area contributed by atoms with Crippen LogP contribution >= 0.6 is 11.3 Å². The van der Waals surface area contributed by atoms with E-state index in [0.717, 1.165) is 16.2 Å². The quantitative estimate of drug-likeness (QED) is 0.763. The highest BCUT2D eigenvalue weighted by Gasteiger charge is 2.10. The van der Waals surface area contributed by atoms with Gasteiger partial charge in [-0.3, -0.25) is 0 Å². The third-order valence-electron chi connectivity index (χ3n) is 3.27. The summed E-state index contributed by atoms with van der Waals surface area (Å²) in [6, 6.07) is 10.2. The standard InChI is InChI=1S/C16H15N3O2S/c1-10-4-3-5-15(17-10)18-16-19(2)13(9-22-16)12-7-6-11(20)8-14(12)21/h3-9,20-21H,1-2H3. The molecule has 22 heavy (non-hydrogen) atoms. The van der Waals surface area contributed by atoms with Crippen molar-refractivity contribution in [3.05, 3.63) is 52.3 Å². The number of rotatable bonds is 2. The van der Waals surface area contributed by atoms with Crippen LogP contribution in [0.1, 0.15) is 5.69 Å². The van der Waals surface area contributed by atoms with Crippen molar-refractivity contribution in [2.45, 2.75) is 6.92 Å². The van der Waals surface area contributed by atoms with Crippen LogP contribution in [0.5, 0.6) is 11.5 Å². The molecular weight excluding hydrogens is 298 g/mol. The molecule has 2 N–H and O–H groups in total. The molecule has 0 amide bonds. The van der Waals surface area contributed by atoms with Gasteiger partial charge in [0.2, 0.25) is 0 Å². The first-order valence-corrected chi connectivity index (χ1v) is 7.58. The van der Waals surface area contributed by atoms with Gasteiger partial charge in [0.1, 0.15) is 11.5 Å². The topological polar surface area (TPSA) is 70.6 Å². The van der Waals surface area contributed by atoms with Crippen LogP contribution in [0.3, 0.4) is 0 Å². The lowest BCUT2D eigenvalue weighted by molar-refractivity contribution is 0.451. The Balaban J connectivity index is 2.09. The highest BCUT2D eigenvalue weighted by atomic mass is 32.1. The minimum atomic E-state index is 0.0352. The zero-order valence-electron chi connectivity index (χ0n) is 12.2. The molecule has 0 bridgehead atoms. The predicted octanol–water partition coefficient (Wildman–Crippen LogP) is 3.10. The predicted molar refractivity (Wildman–Crippen MR) is 86.3 cm³/mol. The van der Waals surface area contributed by atoms with Gasteiger partial charge in [-0.15, -0.1) is 11.3 Å². The van der Waals surface area contributed by atoms with Crippen molar-refractivity contribution < 1.29 is 10.2 Å². The van der Waals surface area contributed by atoms with Crippen molar-refractivity contribution in [3.8, 4) is 22.8 Å². The molecule has 5 nitrogen and oxygen atoms in total. The van der Waals surface area contributed by atoms with Gasteiger partial charge >= 0.3 is 0 Å². The van der Waals surface area contributed by atoms with Crippen molar-refractivity contribution in [1.29, 1.82) is 0 Å². The summed E-state index contributed by atoms with van der Waals surface area (Å²) in [7, 11) is 1.88. The highest BCUT2D eigenvalue weighted by Crippen LogP contribution is 2.31. The normalized spacial score (nSPS) is 11.8.